The Morgan fingerprint density at radius 1 is 1.17 bits per heavy atom. The van der Waals surface area contributed by atoms with Crippen molar-refractivity contribution >= 4 is 17.3 Å². The van der Waals surface area contributed by atoms with Crippen LogP contribution in [0.2, 0.25) is 5.02 Å². The molecule has 2 bridgehead atoms. The van der Waals surface area contributed by atoms with Crippen molar-refractivity contribution in [1.82, 2.24) is 0 Å². The second-order valence-electron chi connectivity index (χ2n) is 5.70. The Bertz CT molecular complexity index is 423. The molecule has 0 radical (unpaired) electrons. The number of rotatable bonds is 4. The van der Waals surface area contributed by atoms with Crippen LogP contribution in [0, 0.1) is 23.7 Å². The fourth-order valence-electron chi connectivity index (χ4n) is 3.96. The number of para-hydroxylation sites is 1. The third kappa shape index (κ3) is 2.12. The highest BCUT2D eigenvalue weighted by Gasteiger charge is 2.46. The second-order valence-corrected chi connectivity index (χ2v) is 6.11. The standard InChI is InChI=1S/C15H20ClNO/c16-14-3-1-2-4-15(14)17-8-12-10-5-6-11(7-10)13(12)9-18/h1-4,10-13,17-18H,5-9H2/t10-,11+,12-,13+/m0/s1. The first-order valence-corrected chi connectivity index (χ1v) is 7.26. The summed E-state index contributed by atoms with van der Waals surface area (Å²) < 4.78 is 0. The zero-order chi connectivity index (χ0) is 12.5. The average molecular weight is 266 g/mol. The van der Waals surface area contributed by atoms with Crippen LogP contribution in [0.4, 0.5) is 5.69 Å². The molecule has 2 aliphatic rings. The zero-order valence-electron chi connectivity index (χ0n) is 10.5. The van der Waals surface area contributed by atoms with Gasteiger partial charge in [0.1, 0.15) is 0 Å². The Kier molecular flexibility index (Phi) is 3.49. The summed E-state index contributed by atoms with van der Waals surface area (Å²) in [4.78, 5) is 0. The van der Waals surface area contributed by atoms with Gasteiger partial charge >= 0.3 is 0 Å². The first-order valence-electron chi connectivity index (χ1n) is 6.89. The predicted molar refractivity (Wildman–Crippen MR) is 74.8 cm³/mol. The average Bonchev–Trinajstić information content (AvgIpc) is 2.98. The van der Waals surface area contributed by atoms with Gasteiger partial charge in [-0.2, -0.15) is 0 Å². The Labute approximate surface area is 113 Å². The number of hydrogen-bond donors (Lipinski definition) is 2. The molecule has 2 nitrogen and oxygen atoms in total. The lowest BCUT2D eigenvalue weighted by molar-refractivity contribution is 0.131. The third-order valence-corrected chi connectivity index (χ3v) is 5.22. The highest BCUT2D eigenvalue weighted by atomic mass is 35.5. The molecule has 3 heteroatoms. The molecule has 2 aliphatic carbocycles. The Morgan fingerprint density at radius 2 is 1.89 bits per heavy atom. The number of aliphatic hydroxyl groups excluding tert-OH is 1. The Balaban J connectivity index is 1.65. The molecule has 0 saturated heterocycles. The van der Waals surface area contributed by atoms with Gasteiger partial charge in [0.2, 0.25) is 0 Å². The van der Waals surface area contributed by atoms with E-state index >= 15 is 0 Å². The molecule has 0 aliphatic heterocycles. The molecule has 0 aromatic heterocycles. The van der Waals surface area contributed by atoms with Crippen LogP contribution in [-0.2, 0) is 0 Å². The van der Waals surface area contributed by atoms with E-state index < -0.39 is 0 Å². The number of fused-ring (bicyclic) bond motifs is 2. The molecule has 98 valence electrons. The minimum absolute atomic E-state index is 0.343. The molecule has 1 aromatic carbocycles. The number of nitrogens with one attached hydrogen (secondary N) is 1. The summed E-state index contributed by atoms with van der Waals surface area (Å²) in [5, 5.41) is 13.8. The normalized spacial score (nSPS) is 33.9. The van der Waals surface area contributed by atoms with Crippen molar-refractivity contribution in [3.8, 4) is 0 Å². The van der Waals surface area contributed by atoms with Crippen LogP contribution in [0.25, 0.3) is 0 Å². The van der Waals surface area contributed by atoms with E-state index in [1.165, 1.54) is 19.3 Å². The first kappa shape index (κ1) is 12.3. The summed E-state index contributed by atoms with van der Waals surface area (Å²) in [6.07, 6.45) is 3.98. The van der Waals surface area contributed by atoms with E-state index in [2.05, 4.69) is 5.32 Å². The Hall–Kier alpha value is -0.730. The first-order chi connectivity index (χ1) is 8.79. The molecule has 0 unspecified atom stereocenters. The van der Waals surface area contributed by atoms with Crippen LogP contribution in [0.1, 0.15) is 19.3 Å². The minimum Gasteiger partial charge on any atom is -0.396 e. The van der Waals surface area contributed by atoms with E-state index in [1.807, 2.05) is 24.3 Å². The minimum atomic E-state index is 0.343. The van der Waals surface area contributed by atoms with Crippen molar-refractivity contribution in [3.63, 3.8) is 0 Å². The van der Waals surface area contributed by atoms with Crippen molar-refractivity contribution in [2.45, 2.75) is 19.3 Å². The fraction of sp³-hybridized carbons (Fsp3) is 0.600. The molecule has 1 aromatic rings. The van der Waals surface area contributed by atoms with Crippen LogP contribution in [-0.4, -0.2) is 18.3 Å². The van der Waals surface area contributed by atoms with Gasteiger partial charge in [-0.05, 0) is 55.1 Å². The second kappa shape index (κ2) is 5.10. The number of aliphatic hydroxyl groups is 1. The molecular weight excluding hydrogens is 246 g/mol. The van der Waals surface area contributed by atoms with E-state index in [0.717, 1.165) is 29.1 Å². The van der Waals surface area contributed by atoms with E-state index in [9.17, 15) is 5.11 Å². The maximum Gasteiger partial charge on any atom is 0.0637 e. The van der Waals surface area contributed by atoms with Gasteiger partial charge in [0.05, 0.1) is 10.7 Å². The molecule has 2 fully saturated rings. The van der Waals surface area contributed by atoms with Crippen LogP contribution < -0.4 is 5.32 Å². The molecule has 18 heavy (non-hydrogen) atoms. The van der Waals surface area contributed by atoms with Gasteiger partial charge in [0.25, 0.3) is 0 Å². The van der Waals surface area contributed by atoms with Crippen molar-refractivity contribution < 1.29 is 5.11 Å². The molecular formula is C15H20ClNO. The lowest BCUT2D eigenvalue weighted by Gasteiger charge is -2.30. The predicted octanol–water partition coefficient (Wildman–Crippen LogP) is 3.41. The third-order valence-electron chi connectivity index (χ3n) is 4.89. The quantitative estimate of drug-likeness (QED) is 0.875. The molecule has 2 N–H and O–H groups in total. The van der Waals surface area contributed by atoms with Gasteiger partial charge in [-0.25, -0.2) is 0 Å². The zero-order valence-corrected chi connectivity index (χ0v) is 11.2. The fourth-order valence-corrected chi connectivity index (χ4v) is 4.17. The highest BCUT2D eigenvalue weighted by Crippen LogP contribution is 2.52. The van der Waals surface area contributed by atoms with Crippen molar-refractivity contribution in [3.05, 3.63) is 29.3 Å². The van der Waals surface area contributed by atoms with Crippen molar-refractivity contribution in [2.75, 3.05) is 18.5 Å². The molecule has 0 amide bonds. The smallest absolute Gasteiger partial charge is 0.0637 e. The van der Waals surface area contributed by atoms with Crippen molar-refractivity contribution in [2.24, 2.45) is 23.7 Å². The number of benzene rings is 1. The van der Waals surface area contributed by atoms with Crippen LogP contribution in [0.3, 0.4) is 0 Å². The van der Waals surface area contributed by atoms with E-state index in [-0.39, 0.29) is 0 Å². The summed E-state index contributed by atoms with van der Waals surface area (Å²) in [7, 11) is 0. The largest absolute Gasteiger partial charge is 0.396 e. The van der Waals surface area contributed by atoms with Crippen molar-refractivity contribution in [1.29, 1.82) is 0 Å². The van der Waals surface area contributed by atoms with Crippen LogP contribution in [0.15, 0.2) is 24.3 Å². The summed E-state index contributed by atoms with van der Waals surface area (Å²) in [5.74, 6) is 2.68. The summed E-state index contributed by atoms with van der Waals surface area (Å²) >= 11 is 6.15. The molecule has 3 rings (SSSR count). The van der Waals surface area contributed by atoms with Gasteiger partial charge in [0, 0.05) is 13.2 Å². The van der Waals surface area contributed by atoms with E-state index in [4.69, 9.17) is 11.6 Å². The lowest BCUT2D eigenvalue weighted by atomic mass is 9.79. The van der Waals surface area contributed by atoms with E-state index in [0.29, 0.717) is 18.4 Å². The molecule has 4 atom stereocenters. The summed E-state index contributed by atoms with van der Waals surface area (Å²) in [5.41, 5.74) is 1.01. The maximum atomic E-state index is 9.56. The number of hydrogen-bond acceptors (Lipinski definition) is 2. The molecule has 0 heterocycles. The Morgan fingerprint density at radius 3 is 2.61 bits per heavy atom. The highest BCUT2D eigenvalue weighted by molar-refractivity contribution is 6.33. The topological polar surface area (TPSA) is 32.3 Å². The lowest BCUT2D eigenvalue weighted by Crippen LogP contribution is -2.30. The van der Waals surface area contributed by atoms with Gasteiger partial charge < -0.3 is 10.4 Å². The number of anilines is 1. The van der Waals surface area contributed by atoms with Crippen LogP contribution >= 0.6 is 11.6 Å². The molecule has 2 saturated carbocycles. The van der Waals surface area contributed by atoms with Crippen LogP contribution in [0.5, 0.6) is 0 Å². The SMILES string of the molecule is OC[C@@H]1[C@@H]2CC[C@@H](C2)[C@@H]1CNc1ccccc1Cl. The summed E-state index contributed by atoms with van der Waals surface area (Å²) in [6, 6.07) is 7.87. The van der Waals surface area contributed by atoms with Gasteiger partial charge in [-0.15, -0.1) is 0 Å². The van der Waals surface area contributed by atoms with Gasteiger partial charge in [0.15, 0.2) is 0 Å². The molecule has 0 spiro atoms. The number of halogens is 1. The van der Waals surface area contributed by atoms with Gasteiger partial charge in [-0.3, -0.25) is 0 Å². The van der Waals surface area contributed by atoms with Gasteiger partial charge in [-0.1, -0.05) is 23.7 Å². The maximum absolute atomic E-state index is 9.56. The summed E-state index contributed by atoms with van der Waals surface area (Å²) in [6.45, 7) is 1.28. The monoisotopic (exact) mass is 265 g/mol. The van der Waals surface area contributed by atoms with E-state index in [1.54, 1.807) is 0 Å².